The Hall–Kier alpha value is -1.03. The number of hydrogen-bond acceptors (Lipinski definition) is 4. The molecule has 5 nitrogen and oxygen atoms in total. The van der Waals surface area contributed by atoms with Gasteiger partial charge in [-0.05, 0) is 42.7 Å². The Balaban J connectivity index is 1.47. The molecule has 3 rings (SSSR count). The van der Waals surface area contributed by atoms with Gasteiger partial charge in [0.25, 0.3) is 0 Å². The van der Waals surface area contributed by atoms with Crippen LogP contribution >= 0.6 is 46.6 Å². The number of benzene rings is 2. The molecule has 33 heavy (non-hydrogen) atoms. The Morgan fingerprint density at radius 2 is 1.94 bits per heavy atom. The predicted octanol–water partition coefficient (Wildman–Crippen LogP) is 5.38. The largest absolute Gasteiger partial charge is 0.355 e. The molecule has 1 saturated heterocycles. The molecule has 0 saturated carbocycles. The second kappa shape index (κ2) is 12.1. The zero-order chi connectivity index (χ0) is 24.0. The average Bonchev–Trinajstić information content (AvgIpc) is 2.77. The molecule has 1 atom stereocenters. The van der Waals surface area contributed by atoms with Crippen LogP contribution in [0.2, 0.25) is 15.1 Å². The molecular weight excluding hydrogens is 530 g/mol. The van der Waals surface area contributed by atoms with Crippen molar-refractivity contribution in [1.82, 2.24) is 9.62 Å². The van der Waals surface area contributed by atoms with Gasteiger partial charge in [-0.2, -0.15) is 11.8 Å². The summed E-state index contributed by atoms with van der Waals surface area (Å²) in [5.41, 5.74) is 0.994. The van der Waals surface area contributed by atoms with E-state index in [1.165, 1.54) is 22.1 Å². The van der Waals surface area contributed by atoms with E-state index in [1.54, 1.807) is 30.3 Å². The van der Waals surface area contributed by atoms with Gasteiger partial charge < -0.3 is 5.32 Å². The summed E-state index contributed by atoms with van der Waals surface area (Å²) in [6.07, 6.45) is 1.24. The number of halogens is 4. The van der Waals surface area contributed by atoms with Crippen LogP contribution in [0.1, 0.15) is 24.0 Å². The summed E-state index contributed by atoms with van der Waals surface area (Å²) >= 11 is 19.4. The van der Waals surface area contributed by atoms with E-state index < -0.39 is 15.9 Å². The van der Waals surface area contributed by atoms with Crippen molar-refractivity contribution in [3.63, 3.8) is 0 Å². The third-order valence-corrected chi connectivity index (χ3v) is 9.23. The Kier molecular flexibility index (Phi) is 9.73. The number of rotatable bonds is 9. The summed E-state index contributed by atoms with van der Waals surface area (Å²) in [4.78, 5) is 12.6. The Morgan fingerprint density at radius 1 is 1.15 bits per heavy atom. The Morgan fingerprint density at radius 3 is 2.67 bits per heavy atom. The van der Waals surface area contributed by atoms with Gasteiger partial charge in [-0.3, -0.25) is 4.79 Å². The fourth-order valence-corrected chi connectivity index (χ4v) is 6.69. The number of hydrogen-bond donors (Lipinski definition) is 1. The minimum Gasteiger partial charge on any atom is -0.355 e. The molecule has 0 aromatic heterocycles. The lowest BCUT2D eigenvalue weighted by atomic mass is 9.99. The molecule has 0 bridgehead atoms. The predicted molar refractivity (Wildman–Crippen MR) is 134 cm³/mol. The summed E-state index contributed by atoms with van der Waals surface area (Å²) in [6.45, 7) is 0.933. The van der Waals surface area contributed by atoms with E-state index in [0.29, 0.717) is 63.6 Å². The van der Waals surface area contributed by atoms with Crippen molar-refractivity contribution >= 4 is 62.5 Å². The molecule has 1 fully saturated rings. The van der Waals surface area contributed by atoms with Crippen LogP contribution in [0.25, 0.3) is 0 Å². The highest BCUT2D eigenvalue weighted by atomic mass is 35.5. The smallest absolute Gasteiger partial charge is 0.224 e. The Bertz CT molecular complexity index is 1080. The normalized spacial score (nSPS) is 17.2. The zero-order valence-corrected chi connectivity index (χ0v) is 21.6. The quantitative estimate of drug-likeness (QED) is 0.424. The third-order valence-electron chi connectivity index (χ3n) is 5.34. The number of amides is 1. The van der Waals surface area contributed by atoms with E-state index in [2.05, 4.69) is 5.32 Å². The molecule has 1 N–H and O–H groups in total. The molecule has 1 aliphatic rings. The number of carbonyl (C=O) groups is 1. The molecule has 0 radical (unpaired) electrons. The number of carbonyl (C=O) groups excluding carboxylic acids is 1. The lowest BCUT2D eigenvalue weighted by molar-refractivity contribution is -0.125. The fraction of sp³-hybridized carbons (Fsp3) is 0.409. The van der Waals surface area contributed by atoms with Gasteiger partial charge in [0.1, 0.15) is 5.82 Å². The number of thioether (sulfide) groups is 1. The molecule has 1 aliphatic heterocycles. The van der Waals surface area contributed by atoms with Crippen LogP contribution in [0.3, 0.4) is 0 Å². The maximum Gasteiger partial charge on any atom is 0.224 e. The van der Waals surface area contributed by atoms with Gasteiger partial charge in [-0.15, -0.1) is 0 Å². The maximum atomic E-state index is 13.8. The van der Waals surface area contributed by atoms with Crippen molar-refractivity contribution < 1.29 is 17.6 Å². The fourth-order valence-electron chi connectivity index (χ4n) is 3.58. The zero-order valence-electron chi connectivity index (χ0n) is 17.7. The van der Waals surface area contributed by atoms with Crippen LogP contribution in [0.5, 0.6) is 0 Å². The minimum atomic E-state index is -3.60. The van der Waals surface area contributed by atoms with Gasteiger partial charge in [0, 0.05) is 41.7 Å². The number of nitrogens with zero attached hydrogens (tertiary/aromatic N) is 1. The standard InChI is InChI=1S/C22H24Cl3FN2O3S2/c23-18-4-1-5-21(26)17(18)13-32-10-8-27-22(29)16-3-2-9-28(12-16)33(30,31)14-15-6-7-19(24)20(25)11-15/h1,4-7,11,16H,2-3,8-10,12-14H2,(H,27,29)/t16-/m0/s1. The number of nitrogens with one attached hydrogen (secondary N) is 1. The molecule has 1 amide bonds. The van der Waals surface area contributed by atoms with Gasteiger partial charge in [0.2, 0.25) is 15.9 Å². The van der Waals surface area contributed by atoms with Gasteiger partial charge in [-0.25, -0.2) is 17.1 Å². The second-order valence-corrected chi connectivity index (χ2v) is 12.0. The second-order valence-electron chi connectivity index (χ2n) is 7.75. The summed E-state index contributed by atoms with van der Waals surface area (Å²) in [5, 5.41) is 3.91. The molecule has 0 aliphatic carbocycles. The summed E-state index contributed by atoms with van der Waals surface area (Å²) in [7, 11) is -3.60. The van der Waals surface area contributed by atoms with Gasteiger partial charge in [0.15, 0.2) is 0 Å². The van der Waals surface area contributed by atoms with Crippen molar-refractivity contribution in [3.8, 4) is 0 Å². The van der Waals surface area contributed by atoms with Gasteiger partial charge in [0.05, 0.1) is 21.7 Å². The molecular formula is C22H24Cl3FN2O3S2. The topological polar surface area (TPSA) is 66.5 Å². The first-order valence-electron chi connectivity index (χ1n) is 10.4. The van der Waals surface area contributed by atoms with Crippen LogP contribution in [0.4, 0.5) is 4.39 Å². The van der Waals surface area contributed by atoms with E-state index in [0.717, 1.165) is 0 Å². The third kappa shape index (κ3) is 7.47. The lowest BCUT2D eigenvalue weighted by Crippen LogP contribution is -2.46. The van der Waals surface area contributed by atoms with Crippen molar-refractivity contribution in [1.29, 1.82) is 0 Å². The average molecular weight is 554 g/mol. The molecule has 0 unspecified atom stereocenters. The summed E-state index contributed by atoms with van der Waals surface area (Å²) in [5.74, 6) is -0.132. The summed E-state index contributed by atoms with van der Waals surface area (Å²) < 4.78 is 40.9. The monoisotopic (exact) mass is 552 g/mol. The first kappa shape index (κ1) is 26.6. The molecule has 11 heteroatoms. The van der Waals surface area contributed by atoms with E-state index in [1.807, 2.05) is 0 Å². The molecule has 2 aromatic carbocycles. The summed E-state index contributed by atoms with van der Waals surface area (Å²) in [6, 6.07) is 9.32. The lowest BCUT2D eigenvalue weighted by Gasteiger charge is -2.31. The maximum absolute atomic E-state index is 13.8. The first-order chi connectivity index (χ1) is 15.7. The highest BCUT2D eigenvalue weighted by Crippen LogP contribution is 2.26. The van der Waals surface area contributed by atoms with E-state index in [-0.39, 0.29) is 24.0 Å². The van der Waals surface area contributed by atoms with Crippen LogP contribution in [-0.4, -0.2) is 44.0 Å². The number of piperidine rings is 1. The molecule has 180 valence electrons. The van der Waals surface area contributed by atoms with E-state index in [4.69, 9.17) is 34.8 Å². The molecule has 2 aromatic rings. The molecule has 0 spiro atoms. The molecule has 1 heterocycles. The van der Waals surface area contributed by atoms with Crippen LogP contribution in [-0.2, 0) is 26.3 Å². The highest BCUT2D eigenvalue weighted by Gasteiger charge is 2.32. The van der Waals surface area contributed by atoms with Gasteiger partial charge in [-0.1, -0.05) is 46.9 Å². The van der Waals surface area contributed by atoms with Crippen molar-refractivity contribution in [2.45, 2.75) is 24.3 Å². The van der Waals surface area contributed by atoms with Crippen molar-refractivity contribution in [2.24, 2.45) is 5.92 Å². The van der Waals surface area contributed by atoms with E-state index >= 15 is 0 Å². The van der Waals surface area contributed by atoms with Gasteiger partial charge >= 0.3 is 0 Å². The Labute approximate surface area is 213 Å². The van der Waals surface area contributed by atoms with Crippen molar-refractivity contribution in [3.05, 3.63) is 68.4 Å². The van der Waals surface area contributed by atoms with Crippen LogP contribution in [0.15, 0.2) is 36.4 Å². The van der Waals surface area contributed by atoms with Crippen LogP contribution < -0.4 is 5.32 Å². The highest BCUT2D eigenvalue weighted by molar-refractivity contribution is 7.98. The van der Waals surface area contributed by atoms with E-state index in [9.17, 15) is 17.6 Å². The number of sulfonamides is 1. The SMILES string of the molecule is O=C(NCCSCc1c(F)cccc1Cl)[C@H]1CCCN(S(=O)(=O)Cc2ccc(Cl)c(Cl)c2)C1. The minimum absolute atomic E-state index is 0.146. The van der Waals surface area contributed by atoms with Crippen molar-refractivity contribution in [2.75, 3.05) is 25.4 Å². The van der Waals surface area contributed by atoms with Crippen LogP contribution in [0, 0.1) is 11.7 Å². The first-order valence-corrected chi connectivity index (χ1v) is 14.3.